The van der Waals surface area contributed by atoms with Gasteiger partial charge in [-0.2, -0.15) is 5.26 Å². The van der Waals surface area contributed by atoms with Crippen molar-refractivity contribution in [1.29, 1.82) is 5.26 Å². The van der Waals surface area contributed by atoms with E-state index in [-0.39, 0.29) is 22.3 Å². The highest BCUT2D eigenvalue weighted by atomic mass is 32.2. The van der Waals surface area contributed by atoms with Gasteiger partial charge in [0.25, 0.3) is 0 Å². The molecule has 10 nitrogen and oxygen atoms in total. The number of anilines is 2. The molecule has 1 aliphatic heterocycles. The van der Waals surface area contributed by atoms with Gasteiger partial charge in [-0.05, 0) is 36.4 Å². The molecule has 0 aliphatic carbocycles. The van der Waals surface area contributed by atoms with Gasteiger partial charge in [-0.1, -0.05) is 12.1 Å². The third kappa shape index (κ3) is 5.74. The van der Waals surface area contributed by atoms with E-state index in [1.165, 1.54) is 36.1 Å². The van der Waals surface area contributed by atoms with E-state index < -0.39 is 15.1 Å². The van der Waals surface area contributed by atoms with Crippen molar-refractivity contribution >= 4 is 38.3 Å². The van der Waals surface area contributed by atoms with E-state index in [9.17, 15) is 18.5 Å². The lowest BCUT2D eigenvalue weighted by Crippen LogP contribution is -3.14. The van der Waals surface area contributed by atoms with Crippen molar-refractivity contribution in [3.63, 3.8) is 0 Å². The lowest BCUT2D eigenvalue weighted by atomic mass is 10.2. The summed E-state index contributed by atoms with van der Waals surface area (Å²) in [5, 5.41) is 14.2. The first-order valence-electron chi connectivity index (χ1n) is 11.3. The standard InChI is InChI=1S/C24H26N6O4S/c1-17(31)27-18-6-8-19(9-7-18)35(32,33)22(16-25)23-24(26-10-11-30-12-14-34-15-13-30)29-21-5-3-2-4-20(21)28-23/h2-9,22H,10-15H2,1H3,(H,26,29)(H,27,31)/p+1/t22-/m0/s1. The molecule has 0 bridgehead atoms. The second kappa shape index (κ2) is 10.8. The van der Waals surface area contributed by atoms with Crippen LogP contribution in [-0.2, 0) is 19.4 Å². The highest BCUT2D eigenvalue weighted by Crippen LogP contribution is 2.32. The zero-order chi connectivity index (χ0) is 24.8. The summed E-state index contributed by atoms with van der Waals surface area (Å²) in [6.07, 6.45) is 0. The Hall–Kier alpha value is -3.59. The Morgan fingerprint density at radius 3 is 2.40 bits per heavy atom. The number of nitrogens with one attached hydrogen (secondary N) is 3. The Morgan fingerprint density at radius 2 is 1.77 bits per heavy atom. The summed E-state index contributed by atoms with van der Waals surface area (Å²) >= 11 is 0. The second-order valence-electron chi connectivity index (χ2n) is 8.25. The van der Waals surface area contributed by atoms with Crippen LogP contribution in [0.25, 0.3) is 11.0 Å². The van der Waals surface area contributed by atoms with E-state index in [2.05, 4.69) is 20.6 Å². The van der Waals surface area contributed by atoms with E-state index in [0.29, 0.717) is 36.5 Å². The number of nitrogens with zero attached hydrogens (tertiary/aromatic N) is 3. The molecule has 0 unspecified atom stereocenters. The largest absolute Gasteiger partial charge is 0.370 e. The molecule has 1 aromatic heterocycles. The molecule has 3 aromatic rings. The van der Waals surface area contributed by atoms with Crippen LogP contribution in [0.15, 0.2) is 53.4 Å². The van der Waals surface area contributed by atoms with Gasteiger partial charge in [0.05, 0.1) is 48.3 Å². The van der Waals surface area contributed by atoms with Gasteiger partial charge in [0, 0.05) is 12.6 Å². The Balaban J connectivity index is 1.66. The second-order valence-corrected chi connectivity index (χ2v) is 10.3. The molecule has 0 saturated carbocycles. The van der Waals surface area contributed by atoms with Crippen LogP contribution in [0.3, 0.4) is 0 Å². The van der Waals surface area contributed by atoms with E-state index >= 15 is 0 Å². The SMILES string of the molecule is CC(=O)Nc1ccc(S(=O)(=O)[C@@H](C#N)c2nc3ccccc3nc2NCC[NH+]2CCOCC2)cc1. The number of ether oxygens (including phenoxy) is 1. The Morgan fingerprint density at radius 1 is 1.11 bits per heavy atom. The smallest absolute Gasteiger partial charge is 0.221 e. The Labute approximate surface area is 203 Å². The maximum atomic E-state index is 13.5. The van der Waals surface area contributed by atoms with Gasteiger partial charge in [0.15, 0.2) is 11.1 Å². The molecule has 1 fully saturated rings. The third-order valence-corrected chi connectivity index (χ3v) is 7.63. The van der Waals surface area contributed by atoms with Crippen molar-refractivity contribution in [2.24, 2.45) is 0 Å². The maximum absolute atomic E-state index is 13.5. The van der Waals surface area contributed by atoms with Crippen molar-refractivity contribution in [3.8, 4) is 6.07 Å². The number of rotatable bonds is 8. The number of morpholine rings is 1. The first-order chi connectivity index (χ1) is 16.9. The Kier molecular flexibility index (Phi) is 7.55. The van der Waals surface area contributed by atoms with Gasteiger partial charge < -0.3 is 20.3 Å². The number of fused-ring (bicyclic) bond motifs is 1. The van der Waals surface area contributed by atoms with Gasteiger partial charge in [-0.15, -0.1) is 0 Å². The molecule has 2 heterocycles. The van der Waals surface area contributed by atoms with E-state index in [0.717, 1.165) is 19.6 Å². The van der Waals surface area contributed by atoms with Crippen LogP contribution < -0.4 is 15.5 Å². The predicted octanol–water partition coefficient (Wildman–Crippen LogP) is 0.954. The number of para-hydroxylation sites is 2. The van der Waals surface area contributed by atoms with Crippen molar-refractivity contribution in [2.45, 2.75) is 17.1 Å². The number of hydrogen-bond donors (Lipinski definition) is 3. The molecule has 182 valence electrons. The quantitative estimate of drug-likeness (QED) is 0.420. The number of aromatic nitrogens is 2. The molecule has 0 radical (unpaired) electrons. The molecule has 11 heteroatoms. The van der Waals surface area contributed by atoms with E-state index in [1.807, 2.05) is 12.1 Å². The first kappa shape index (κ1) is 24.5. The number of amides is 1. The number of benzene rings is 2. The molecule has 1 aliphatic rings. The van der Waals surface area contributed by atoms with Crippen molar-refractivity contribution < 1.29 is 22.8 Å². The maximum Gasteiger partial charge on any atom is 0.221 e. The molecule has 0 spiro atoms. The summed E-state index contributed by atoms with van der Waals surface area (Å²) < 4.78 is 32.4. The van der Waals surface area contributed by atoms with Crippen LogP contribution in [0, 0.1) is 11.3 Å². The van der Waals surface area contributed by atoms with Crippen molar-refractivity contribution in [1.82, 2.24) is 9.97 Å². The van der Waals surface area contributed by atoms with Crippen LogP contribution in [0.4, 0.5) is 11.5 Å². The highest BCUT2D eigenvalue weighted by Gasteiger charge is 2.33. The molecule has 1 amide bonds. The number of quaternary nitrogens is 1. The predicted molar refractivity (Wildman–Crippen MR) is 131 cm³/mol. The Bertz CT molecular complexity index is 1350. The van der Waals surface area contributed by atoms with Gasteiger partial charge in [0.2, 0.25) is 15.7 Å². The summed E-state index contributed by atoms with van der Waals surface area (Å²) in [6.45, 7) is 5.94. The normalized spacial score (nSPS) is 15.3. The van der Waals surface area contributed by atoms with Crippen LogP contribution in [-0.4, -0.2) is 63.7 Å². The highest BCUT2D eigenvalue weighted by molar-refractivity contribution is 7.92. The third-order valence-electron chi connectivity index (χ3n) is 5.75. The van der Waals surface area contributed by atoms with E-state index in [1.54, 1.807) is 18.2 Å². The summed E-state index contributed by atoms with van der Waals surface area (Å²) in [6, 6.07) is 14.8. The number of sulfone groups is 1. The number of hydrogen-bond acceptors (Lipinski definition) is 8. The van der Waals surface area contributed by atoms with Crippen molar-refractivity contribution in [2.75, 3.05) is 50.0 Å². The van der Waals surface area contributed by atoms with Crippen molar-refractivity contribution in [3.05, 3.63) is 54.2 Å². The fraction of sp³-hybridized carbons (Fsp3) is 0.333. The fourth-order valence-electron chi connectivity index (χ4n) is 3.94. The van der Waals surface area contributed by atoms with E-state index in [4.69, 9.17) is 4.74 Å². The lowest BCUT2D eigenvalue weighted by Gasteiger charge is -2.24. The summed E-state index contributed by atoms with van der Waals surface area (Å²) in [4.78, 5) is 21.8. The molecule has 1 atom stereocenters. The first-order valence-corrected chi connectivity index (χ1v) is 12.9. The molecule has 3 N–H and O–H groups in total. The fourth-order valence-corrected chi connectivity index (χ4v) is 5.32. The summed E-state index contributed by atoms with van der Waals surface area (Å²) in [7, 11) is -4.12. The topological polar surface area (TPSA) is 139 Å². The minimum atomic E-state index is -4.12. The molecule has 35 heavy (non-hydrogen) atoms. The van der Waals surface area contributed by atoms with Gasteiger partial charge in [-0.3, -0.25) is 4.79 Å². The van der Waals surface area contributed by atoms with Crippen LogP contribution in [0.2, 0.25) is 0 Å². The van der Waals surface area contributed by atoms with Gasteiger partial charge in [-0.25, -0.2) is 18.4 Å². The molecule has 2 aromatic carbocycles. The molecular weight excluding hydrogens is 468 g/mol. The molecular formula is C24H27N6O4S+. The van der Waals surface area contributed by atoms with Gasteiger partial charge >= 0.3 is 0 Å². The number of carbonyl (C=O) groups is 1. The molecule has 1 saturated heterocycles. The summed E-state index contributed by atoms with van der Waals surface area (Å²) in [5.74, 6) is 0.0120. The summed E-state index contributed by atoms with van der Waals surface area (Å²) in [5.41, 5.74) is 1.63. The average Bonchev–Trinajstić information content (AvgIpc) is 2.85. The van der Waals surface area contributed by atoms with Crippen LogP contribution >= 0.6 is 0 Å². The minimum Gasteiger partial charge on any atom is -0.370 e. The van der Waals surface area contributed by atoms with Crippen LogP contribution in [0.1, 0.15) is 17.9 Å². The van der Waals surface area contributed by atoms with Gasteiger partial charge in [0.1, 0.15) is 18.8 Å². The zero-order valence-electron chi connectivity index (χ0n) is 19.3. The minimum absolute atomic E-state index is 0.0446. The zero-order valence-corrected chi connectivity index (χ0v) is 20.1. The molecule has 4 rings (SSSR count). The lowest BCUT2D eigenvalue weighted by molar-refractivity contribution is -0.906. The monoisotopic (exact) mass is 495 g/mol. The average molecular weight is 496 g/mol. The number of carbonyl (C=O) groups excluding carboxylic acids is 1. The van der Waals surface area contributed by atoms with Crippen LogP contribution in [0.5, 0.6) is 0 Å². The number of nitriles is 1.